The summed E-state index contributed by atoms with van der Waals surface area (Å²) in [7, 11) is -9.93. The highest BCUT2D eigenvalue weighted by atomic mass is 31.2. The van der Waals surface area contributed by atoms with Gasteiger partial charge >= 0.3 is 39.5 Å². The van der Waals surface area contributed by atoms with Gasteiger partial charge in [0.05, 0.1) is 26.4 Å². The molecule has 17 nitrogen and oxygen atoms in total. The number of ether oxygens (including phenoxy) is 4. The molecule has 0 aromatic carbocycles. The van der Waals surface area contributed by atoms with Crippen molar-refractivity contribution in [1.29, 1.82) is 0 Å². The van der Waals surface area contributed by atoms with E-state index in [-0.39, 0.29) is 25.7 Å². The quantitative estimate of drug-likeness (QED) is 0.0222. The minimum Gasteiger partial charge on any atom is -0.462 e. The van der Waals surface area contributed by atoms with Crippen molar-refractivity contribution in [2.24, 2.45) is 0 Å². The van der Waals surface area contributed by atoms with E-state index in [1.54, 1.807) is 0 Å². The molecule has 0 heterocycles. The Morgan fingerprint density at radius 2 is 0.367 bits per heavy atom. The second-order valence-electron chi connectivity index (χ2n) is 32.3. The number of aliphatic hydroxyl groups excluding tert-OH is 1. The van der Waals surface area contributed by atoms with Crippen molar-refractivity contribution in [1.82, 2.24) is 0 Å². The van der Waals surface area contributed by atoms with Crippen LogP contribution in [-0.2, 0) is 65.4 Å². The summed E-state index contributed by atoms with van der Waals surface area (Å²) in [6.07, 6.45) is 80.7. The number of hydrogen-bond donors (Lipinski definition) is 3. The van der Waals surface area contributed by atoms with Gasteiger partial charge in [-0.25, -0.2) is 9.13 Å². The standard InChI is InChI=1S/C90H176O17P2/c1-5-9-13-17-21-25-29-32-35-38-40-42-43-45-48-51-54-57-61-65-69-73-77-90(95)107-86(81-101-88(93)75-71-67-63-59-55-52-49-47-44-41-39-36-33-30-26-22-18-14-10-6-2)83-105-109(98,99)103-79-84(91)78-102-108(96,97)104-82-85(80-100-87(92)74-70-66-62-58-28-24-20-16-12-8-4)106-89(94)76-72-68-64-60-56-53-50-46-37-34-31-27-23-19-15-11-7-3/h84-86,91H,5-83H2,1-4H3,(H,96,97)(H,98,99)/t84-,85+,86+/m0/s1. The minimum absolute atomic E-state index is 0.109. The first-order valence-corrected chi connectivity index (χ1v) is 49.8. The Morgan fingerprint density at radius 1 is 0.220 bits per heavy atom. The molecule has 0 aromatic rings. The first-order valence-electron chi connectivity index (χ1n) is 46.8. The smallest absolute Gasteiger partial charge is 0.462 e. The number of esters is 4. The lowest BCUT2D eigenvalue weighted by Crippen LogP contribution is -2.30. The van der Waals surface area contributed by atoms with Crippen LogP contribution in [0, 0.1) is 0 Å². The number of hydrogen-bond acceptors (Lipinski definition) is 15. The van der Waals surface area contributed by atoms with Crippen LogP contribution >= 0.6 is 15.6 Å². The molecule has 109 heavy (non-hydrogen) atoms. The summed E-state index contributed by atoms with van der Waals surface area (Å²) in [5.74, 6) is -2.09. The Morgan fingerprint density at radius 3 is 0.541 bits per heavy atom. The Balaban J connectivity index is 5.21. The summed E-state index contributed by atoms with van der Waals surface area (Å²) in [5, 5.41) is 10.7. The summed E-state index contributed by atoms with van der Waals surface area (Å²) in [6, 6.07) is 0. The van der Waals surface area contributed by atoms with Gasteiger partial charge < -0.3 is 33.8 Å². The van der Waals surface area contributed by atoms with Crippen LogP contribution in [0.5, 0.6) is 0 Å². The van der Waals surface area contributed by atoms with Gasteiger partial charge in [-0.15, -0.1) is 0 Å². The van der Waals surface area contributed by atoms with E-state index in [1.165, 1.54) is 327 Å². The molecular formula is C90H176O17P2. The average Bonchev–Trinajstić information content (AvgIpc) is 0.901. The van der Waals surface area contributed by atoms with Crippen molar-refractivity contribution < 1.29 is 80.2 Å². The van der Waals surface area contributed by atoms with Crippen LogP contribution in [0.15, 0.2) is 0 Å². The maximum Gasteiger partial charge on any atom is 0.472 e. The Labute approximate surface area is 670 Å². The van der Waals surface area contributed by atoms with Gasteiger partial charge in [0.1, 0.15) is 19.3 Å². The van der Waals surface area contributed by atoms with Gasteiger partial charge in [-0.2, -0.15) is 0 Å². The van der Waals surface area contributed by atoms with Gasteiger partial charge in [0, 0.05) is 25.7 Å². The highest BCUT2D eigenvalue weighted by Gasteiger charge is 2.30. The van der Waals surface area contributed by atoms with Crippen molar-refractivity contribution in [3.05, 3.63) is 0 Å². The van der Waals surface area contributed by atoms with Gasteiger partial charge in [0.15, 0.2) is 12.2 Å². The van der Waals surface area contributed by atoms with Crippen LogP contribution < -0.4 is 0 Å². The molecule has 0 radical (unpaired) electrons. The maximum atomic E-state index is 13.2. The molecule has 0 bridgehead atoms. The van der Waals surface area contributed by atoms with Gasteiger partial charge in [0.2, 0.25) is 0 Å². The third kappa shape index (κ3) is 83.8. The molecule has 2 unspecified atom stereocenters. The van der Waals surface area contributed by atoms with E-state index in [0.29, 0.717) is 25.7 Å². The van der Waals surface area contributed by atoms with Crippen LogP contribution in [0.2, 0.25) is 0 Å². The molecule has 0 saturated heterocycles. The van der Waals surface area contributed by atoms with Crippen LogP contribution in [0.25, 0.3) is 0 Å². The number of phosphoric ester groups is 2. The molecule has 5 atom stereocenters. The molecular weight excluding hydrogens is 1410 g/mol. The lowest BCUT2D eigenvalue weighted by molar-refractivity contribution is -0.161. The number of aliphatic hydroxyl groups is 1. The zero-order valence-corrected chi connectivity index (χ0v) is 73.3. The SMILES string of the molecule is CCCCCCCCCCCCCCCCCCCCCCCCC(=O)O[C@H](COC(=O)CCCCCCCCCCCCCCCCCCCCCC)COP(=O)(O)OC[C@@H](O)COP(=O)(O)OC[C@@H](COC(=O)CCCCCCCCCCCC)OC(=O)CCCCCCCCCCCCCCCCCCC. The van der Waals surface area contributed by atoms with Crippen molar-refractivity contribution in [3.63, 3.8) is 0 Å². The van der Waals surface area contributed by atoms with E-state index in [0.717, 1.165) is 89.9 Å². The van der Waals surface area contributed by atoms with Gasteiger partial charge in [-0.3, -0.25) is 37.3 Å². The van der Waals surface area contributed by atoms with E-state index in [4.69, 9.17) is 37.0 Å². The first kappa shape index (κ1) is 107. The van der Waals surface area contributed by atoms with Gasteiger partial charge in [-0.1, -0.05) is 445 Å². The van der Waals surface area contributed by atoms with Crippen LogP contribution in [0.1, 0.15) is 496 Å². The third-order valence-electron chi connectivity index (χ3n) is 21.4. The molecule has 0 spiro atoms. The lowest BCUT2D eigenvalue weighted by Gasteiger charge is -2.21. The summed E-state index contributed by atoms with van der Waals surface area (Å²) in [5.41, 5.74) is 0. The largest absolute Gasteiger partial charge is 0.472 e. The number of unbranched alkanes of at least 4 members (excludes halogenated alkanes) is 65. The Kier molecular flexibility index (Phi) is 82.5. The molecule has 0 amide bonds. The zero-order valence-electron chi connectivity index (χ0n) is 71.5. The molecule has 0 aliphatic heterocycles. The Hall–Kier alpha value is -1.94. The molecule has 0 rings (SSSR count). The van der Waals surface area contributed by atoms with E-state index in [2.05, 4.69) is 27.7 Å². The average molecular weight is 1590 g/mol. The topological polar surface area (TPSA) is 237 Å². The summed E-state index contributed by atoms with van der Waals surface area (Å²) < 4.78 is 69.0. The molecule has 0 aromatic heterocycles. The fraction of sp³-hybridized carbons (Fsp3) is 0.956. The highest BCUT2D eigenvalue weighted by Crippen LogP contribution is 2.45. The monoisotopic (exact) mass is 1590 g/mol. The second-order valence-corrected chi connectivity index (χ2v) is 35.3. The van der Waals surface area contributed by atoms with E-state index < -0.39 is 97.5 Å². The molecule has 0 saturated carbocycles. The number of rotatable bonds is 91. The van der Waals surface area contributed by atoms with Crippen LogP contribution in [-0.4, -0.2) is 96.7 Å². The number of phosphoric acid groups is 2. The van der Waals surface area contributed by atoms with Gasteiger partial charge in [0.25, 0.3) is 0 Å². The summed E-state index contributed by atoms with van der Waals surface area (Å²) in [6.45, 7) is 5.07. The van der Waals surface area contributed by atoms with E-state index in [9.17, 15) is 43.2 Å². The third-order valence-corrected chi connectivity index (χ3v) is 23.3. The molecule has 0 aliphatic carbocycles. The van der Waals surface area contributed by atoms with Crippen LogP contribution in [0.3, 0.4) is 0 Å². The first-order chi connectivity index (χ1) is 53.2. The fourth-order valence-electron chi connectivity index (χ4n) is 14.2. The predicted octanol–water partition coefficient (Wildman–Crippen LogP) is 28.1. The number of carbonyl (C=O) groups is 4. The molecule has 0 fully saturated rings. The highest BCUT2D eigenvalue weighted by molar-refractivity contribution is 7.47. The molecule has 3 N–H and O–H groups in total. The van der Waals surface area contributed by atoms with Crippen molar-refractivity contribution in [3.8, 4) is 0 Å². The molecule has 0 aliphatic rings. The summed E-state index contributed by atoms with van der Waals surface area (Å²) in [4.78, 5) is 73.3. The number of carbonyl (C=O) groups excluding carboxylic acids is 4. The van der Waals surface area contributed by atoms with Crippen molar-refractivity contribution in [2.45, 2.75) is 515 Å². The molecule has 19 heteroatoms. The normalized spacial score (nSPS) is 13.6. The maximum absolute atomic E-state index is 13.2. The van der Waals surface area contributed by atoms with E-state index >= 15 is 0 Å². The van der Waals surface area contributed by atoms with Gasteiger partial charge in [-0.05, 0) is 25.7 Å². The fourth-order valence-corrected chi connectivity index (χ4v) is 15.8. The summed E-state index contributed by atoms with van der Waals surface area (Å²) >= 11 is 0. The van der Waals surface area contributed by atoms with Crippen molar-refractivity contribution >= 4 is 39.5 Å². The predicted molar refractivity (Wildman–Crippen MR) is 451 cm³/mol. The van der Waals surface area contributed by atoms with Crippen LogP contribution in [0.4, 0.5) is 0 Å². The molecule has 648 valence electrons. The minimum atomic E-state index is -4.97. The van der Waals surface area contributed by atoms with E-state index in [1.807, 2.05) is 0 Å². The Bertz CT molecular complexity index is 2050. The second kappa shape index (κ2) is 84.0. The zero-order chi connectivity index (χ0) is 79.6. The van der Waals surface area contributed by atoms with Crippen molar-refractivity contribution in [2.75, 3.05) is 39.6 Å². The lowest BCUT2D eigenvalue weighted by atomic mass is 10.0.